The zero-order chi connectivity index (χ0) is 20.1. The molecule has 0 unspecified atom stereocenters. The fourth-order valence-electron chi connectivity index (χ4n) is 3.27. The van der Waals surface area contributed by atoms with Gasteiger partial charge in [0.1, 0.15) is 0 Å². The van der Waals surface area contributed by atoms with Gasteiger partial charge in [0.25, 0.3) is 0 Å². The zero-order valence-corrected chi connectivity index (χ0v) is 16.9. The van der Waals surface area contributed by atoms with Crippen molar-refractivity contribution in [3.63, 3.8) is 0 Å². The summed E-state index contributed by atoms with van der Waals surface area (Å²) in [6.07, 6.45) is 2.62. The monoisotopic (exact) mass is 399 g/mol. The normalized spacial score (nSPS) is 13.4. The van der Waals surface area contributed by atoms with Crippen LogP contribution in [0.1, 0.15) is 37.5 Å². The Morgan fingerprint density at radius 3 is 2.79 bits per heavy atom. The third-order valence-corrected chi connectivity index (χ3v) is 5.05. The largest absolute Gasteiger partial charge is 0.387 e. The van der Waals surface area contributed by atoms with Gasteiger partial charge in [-0.1, -0.05) is 42.8 Å². The molecule has 2 atom stereocenters. The molecule has 6 heteroatoms. The molecule has 1 aromatic heterocycles. The second-order valence-corrected chi connectivity index (χ2v) is 7.46. The minimum Gasteiger partial charge on any atom is -0.387 e. The molecule has 0 aliphatic carbocycles. The number of para-hydroxylation sites is 1. The number of benzene rings is 2. The maximum Gasteiger partial charge on any atom is 0.224 e. The van der Waals surface area contributed by atoms with E-state index in [2.05, 4.69) is 28.6 Å². The number of aromatic nitrogens is 1. The molecule has 2 aromatic carbocycles. The van der Waals surface area contributed by atoms with Crippen LogP contribution in [0.3, 0.4) is 0 Å². The van der Waals surface area contributed by atoms with E-state index in [4.69, 9.17) is 11.6 Å². The summed E-state index contributed by atoms with van der Waals surface area (Å²) in [5.74, 6) is -0.00584. The van der Waals surface area contributed by atoms with Crippen LogP contribution < -0.4 is 10.6 Å². The highest BCUT2D eigenvalue weighted by molar-refractivity contribution is 6.30. The molecule has 5 nitrogen and oxygen atoms in total. The van der Waals surface area contributed by atoms with E-state index in [1.54, 1.807) is 12.1 Å². The summed E-state index contributed by atoms with van der Waals surface area (Å²) in [7, 11) is 0. The summed E-state index contributed by atoms with van der Waals surface area (Å²) in [5.41, 5.74) is 3.70. The van der Waals surface area contributed by atoms with Gasteiger partial charge in [-0.15, -0.1) is 0 Å². The fourth-order valence-corrected chi connectivity index (χ4v) is 3.47. The minimum atomic E-state index is -0.611. The van der Waals surface area contributed by atoms with Crippen LogP contribution in [0.15, 0.2) is 48.7 Å². The molecule has 1 heterocycles. The molecule has 0 spiro atoms. The number of nitrogens with one attached hydrogen (secondary N) is 3. The second-order valence-electron chi connectivity index (χ2n) is 7.03. The predicted octanol–water partition coefficient (Wildman–Crippen LogP) is 4.42. The number of halogens is 1. The van der Waals surface area contributed by atoms with E-state index in [1.165, 1.54) is 5.56 Å². The number of aromatic amines is 1. The summed E-state index contributed by atoms with van der Waals surface area (Å²) in [6, 6.07) is 13.4. The first kappa shape index (κ1) is 20.4. The number of amides is 1. The third kappa shape index (κ3) is 4.93. The van der Waals surface area contributed by atoms with E-state index >= 15 is 0 Å². The molecule has 0 saturated carbocycles. The number of rotatable bonds is 8. The van der Waals surface area contributed by atoms with Crippen LogP contribution >= 0.6 is 11.6 Å². The van der Waals surface area contributed by atoms with E-state index < -0.39 is 6.10 Å². The molecule has 3 rings (SSSR count). The molecule has 3 aromatic rings. The molecule has 28 heavy (non-hydrogen) atoms. The van der Waals surface area contributed by atoms with Crippen LogP contribution in [0.2, 0.25) is 5.02 Å². The van der Waals surface area contributed by atoms with Crippen LogP contribution in [0.5, 0.6) is 0 Å². The van der Waals surface area contributed by atoms with Crippen molar-refractivity contribution in [1.29, 1.82) is 0 Å². The Morgan fingerprint density at radius 2 is 2.04 bits per heavy atom. The Labute approximate surface area is 170 Å². The van der Waals surface area contributed by atoms with E-state index in [0.717, 1.165) is 28.6 Å². The Balaban J connectivity index is 1.64. The van der Waals surface area contributed by atoms with Crippen molar-refractivity contribution in [2.45, 2.75) is 38.8 Å². The lowest BCUT2D eigenvalue weighted by Crippen LogP contribution is -2.32. The maximum atomic E-state index is 11.7. The summed E-state index contributed by atoms with van der Waals surface area (Å²) in [5, 5.41) is 18.4. The predicted molar refractivity (Wildman–Crippen MR) is 115 cm³/mol. The average Bonchev–Trinajstić information content (AvgIpc) is 3.10. The molecule has 148 valence electrons. The standard InChI is InChI=1S/C22H26ClN3O2/c1-3-21(28)26-19-9-5-8-18-16(12-25-22(18)19)10-14(2)24-13-20(27)15-6-4-7-17(23)11-15/h4-9,11-12,14,20,24-25,27H,3,10,13H2,1-2H3,(H,26,28)/t14-,20+/m1/s1. The molecular weight excluding hydrogens is 374 g/mol. The first-order chi connectivity index (χ1) is 13.5. The fraction of sp³-hybridized carbons (Fsp3) is 0.318. The third-order valence-electron chi connectivity index (χ3n) is 4.82. The molecular formula is C22H26ClN3O2. The number of carbonyl (C=O) groups is 1. The lowest BCUT2D eigenvalue weighted by Gasteiger charge is -2.17. The summed E-state index contributed by atoms with van der Waals surface area (Å²) in [4.78, 5) is 15.0. The molecule has 0 aliphatic heterocycles. The van der Waals surface area contributed by atoms with E-state index in [-0.39, 0.29) is 11.9 Å². The van der Waals surface area contributed by atoms with Gasteiger partial charge in [0.15, 0.2) is 0 Å². The highest BCUT2D eigenvalue weighted by Crippen LogP contribution is 2.26. The topological polar surface area (TPSA) is 77.2 Å². The van der Waals surface area contributed by atoms with Crippen molar-refractivity contribution in [3.8, 4) is 0 Å². The van der Waals surface area contributed by atoms with Gasteiger partial charge in [-0.05, 0) is 42.7 Å². The van der Waals surface area contributed by atoms with Crippen LogP contribution in [0.4, 0.5) is 5.69 Å². The quantitative estimate of drug-likeness (QED) is 0.452. The van der Waals surface area contributed by atoms with E-state index in [0.29, 0.717) is 18.0 Å². The van der Waals surface area contributed by atoms with Crippen molar-refractivity contribution in [2.75, 3.05) is 11.9 Å². The Bertz CT molecular complexity index is 954. The summed E-state index contributed by atoms with van der Waals surface area (Å²) < 4.78 is 0. The van der Waals surface area contributed by atoms with Crippen LogP contribution in [-0.4, -0.2) is 28.6 Å². The SMILES string of the molecule is CCC(=O)Nc1cccc2c(C[C@@H](C)NC[C@H](O)c3cccc(Cl)c3)c[nH]c12. The maximum absolute atomic E-state index is 11.7. The van der Waals surface area contributed by atoms with E-state index in [9.17, 15) is 9.90 Å². The lowest BCUT2D eigenvalue weighted by atomic mass is 10.0. The molecule has 0 bridgehead atoms. The van der Waals surface area contributed by atoms with Crippen LogP contribution in [-0.2, 0) is 11.2 Å². The lowest BCUT2D eigenvalue weighted by molar-refractivity contribution is -0.115. The average molecular weight is 400 g/mol. The zero-order valence-electron chi connectivity index (χ0n) is 16.1. The second kappa shape index (κ2) is 9.24. The van der Waals surface area contributed by atoms with Crippen molar-refractivity contribution < 1.29 is 9.90 Å². The van der Waals surface area contributed by atoms with Crippen molar-refractivity contribution in [3.05, 3.63) is 64.8 Å². The van der Waals surface area contributed by atoms with Gasteiger partial charge < -0.3 is 20.7 Å². The molecule has 1 amide bonds. The molecule has 0 aliphatic rings. The van der Waals surface area contributed by atoms with Crippen molar-refractivity contribution in [1.82, 2.24) is 10.3 Å². The number of aliphatic hydroxyl groups excluding tert-OH is 1. The number of aliphatic hydroxyl groups is 1. The van der Waals surface area contributed by atoms with Gasteiger partial charge in [-0.2, -0.15) is 0 Å². The molecule has 0 saturated heterocycles. The Hall–Kier alpha value is -2.34. The first-order valence-corrected chi connectivity index (χ1v) is 9.91. The van der Waals surface area contributed by atoms with E-state index in [1.807, 2.05) is 37.4 Å². The van der Waals surface area contributed by atoms with Crippen LogP contribution in [0, 0.1) is 0 Å². The van der Waals surface area contributed by atoms with Crippen molar-refractivity contribution in [2.24, 2.45) is 0 Å². The molecule has 0 fully saturated rings. The number of hydrogen-bond donors (Lipinski definition) is 4. The highest BCUT2D eigenvalue weighted by atomic mass is 35.5. The number of hydrogen-bond acceptors (Lipinski definition) is 3. The van der Waals surface area contributed by atoms with Gasteiger partial charge >= 0.3 is 0 Å². The van der Waals surface area contributed by atoms with Crippen LogP contribution in [0.25, 0.3) is 10.9 Å². The molecule has 0 radical (unpaired) electrons. The molecule has 4 N–H and O–H groups in total. The summed E-state index contributed by atoms with van der Waals surface area (Å²) in [6.45, 7) is 4.37. The minimum absolute atomic E-state index is 0.00584. The number of carbonyl (C=O) groups excluding carboxylic acids is 1. The van der Waals surface area contributed by atoms with Gasteiger partial charge in [0.2, 0.25) is 5.91 Å². The number of H-pyrrole nitrogens is 1. The van der Waals surface area contributed by atoms with Gasteiger partial charge in [-0.25, -0.2) is 0 Å². The highest BCUT2D eigenvalue weighted by Gasteiger charge is 2.14. The Kier molecular flexibility index (Phi) is 6.73. The number of anilines is 1. The van der Waals surface area contributed by atoms with Gasteiger partial charge in [0, 0.05) is 35.6 Å². The first-order valence-electron chi connectivity index (χ1n) is 9.53. The Morgan fingerprint density at radius 1 is 1.25 bits per heavy atom. The van der Waals surface area contributed by atoms with Gasteiger partial charge in [0.05, 0.1) is 17.3 Å². The van der Waals surface area contributed by atoms with Crippen molar-refractivity contribution >= 4 is 34.1 Å². The number of fused-ring (bicyclic) bond motifs is 1. The smallest absolute Gasteiger partial charge is 0.224 e. The van der Waals surface area contributed by atoms with Gasteiger partial charge in [-0.3, -0.25) is 4.79 Å². The summed E-state index contributed by atoms with van der Waals surface area (Å²) >= 11 is 5.99.